The monoisotopic (exact) mass is 263 g/mol. The van der Waals surface area contributed by atoms with Gasteiger partial charge in [-0.1, -0.05) is 24.3 Å². The van der Waals surface area contributed by atoms with Gasteiger partial charge in [0.05, 0.1) is 6.10 Å². The number of hydrogen-bond donors (Lipinski definition) is 1. The van der Waals surface area contributed by atoms with Crippen LogP contribution in [0.15, 0.2) is 24.3 Å². The number of rotatable bonds is 4. The Morgan fingerprint density at radius 1 is 1.37 bits per heavy atom. The molecule has 0 aliphatic carbocycles. The van der Waals surface area contributed by atoms with E-state index in [1.54, 1.807) is 7.11 Å². The molecular formula is C15H21NO3. The summed E-state index contributed by atoms with van der Waals surface area (Å²) in [4.78, 5) is 13.5. The molecule has 0 saturated carbocycles. The molecule has 1 aromatic carbocycles. The van der Waals surface area contributed by atoms with Crippen LogP contribution in [0.2, 0.25) is 0 Å². The molecule has 0 spiro atoms. The average molecular weight is 263 g/mol. The standard InChI is InChI=1S/C15H21NO3/c1-10(11(2)19-3)16-9-13-7-5-4-6-12(13)8-14(16)15(17)18/h4-7,10-11,14H,8-9H2,1-3H3,(H,17,18). The third kappa shape index (κ3) is 2.80. The molecule has 1 aliphatic heterocycles. The van der Waals surface area contributed by atoms with Crippen molar-refractivity contribution in [2.75, 3.05) is 7.11 Å². The quantitative estimate of drug-likeness (QED) is 0.901. The molecule has 0 fully saturated rings. The molecular weight excluding hydrogens is 242 g/mol. The van der Waals surface area contributed by atoms with Crippen LogP contribution >= 0.6 is 0 Å². The maximum Gasteiger partial charge on any atom is 0.321 e. The molecule has 104 valence electrons. The van der Waals surface area contributed by atoms with Gasteiger partial charge >= 0.3 is 5.97 Å². The van der Waals surface area contributed by atoms with Crippen molar-refractivity contribution in [1.82, 2.24) is 4.90 Å². The van der Waals surface area contributed by atoms with Gasteiger partial charge in [0.15, 0.2) is 0 Å². The van der Waals surface area contributed by atoms with Gasteiger partial charge in [-0.25, -0.2) is 0 Å². The topological polar surface area (TPSA) is 49.8 Å². The number of carboxylic acids is 1. The lowest BCUT2D eigenvalue weighted by Gasteiger charge is -2.40. The van der Waals surface area contributed by atoms with Crippen molar-refractivity contribution >= 4 is 5.97 Å². The van der Waals surface area contributed by atoms with E-state index in [0.29, 0.717) is 13.0 Å². The van der Waals surface area contributed by atoms with Crippen molar-refractivity contribution in [2.24, 2.45) is 0 Å². The number of methoxy groups -OCH3 is 1. The summed E-state index contributed by atoms with van der Waals surface area (Å²) >= 11 is 0. The van der Waals surface area contributed by atoms with Crippen molar-refractivity contribution in [1.29, 1.82) is 0 Å². The lowest BCUT2D eigenvalue weighted by atomic mass is 9.92. The number of carboxylic acid groups (broad SMARTS) is 1. The molecule has 0 bridgehead atoms. The second kappa shape index (κ2) is 5.72. The highest BCUT2D eigenvalue weighted by Crippen LogP contribution is 2.26. The average Bonchev–Trinajstić information content (AvgIpc) is 2.44. The van der Waals surface area contributed by atoms with Gasteiger partial charge in [0.1, 0.15) is 6.04 Å². The van der Waals surface area contributed by atoms with E-state index in [-0.39, 0.29) is 12.1 Å². The van der Waals surface area contributed by atoms with E-state index in [4.69, 9.17) is 4.74 Å². The van der Waals surface area contributed by atoms with Gasteiger partial charge in [0.25, 0.3) is 0 Å². The van der Waals surface area contributed by atoms with E-state index < -0.39 is 12.0 Å². The number of carbonyl (C=O) groups is 1. The van der Waals surface area contributed by atoms with Crippen molar-refractivity contribution in [3.8, 4) is 0 Å². The Morgan fingerprint density at radius 2 is 2.00 bits per heavy atom. The van der Waals surface area contributed by atoms with Crippen LogP contribution in [0.25, 0.3) is 0 Å². The number of nitrogens with zero attached hydrogens (tertiary/aromatic N) is 1. The SMILES string of the molecule is COC(C)C(C)N1Cc2ccccc2CC1C(=O)O. The Balaban J connectivity index is 2.29. The molecule has 0 saturated heterocycles. The molecule has 4 heteroatoms. The van der Waals surface area contributed by atoms with Crippen LogP contribution in [0.3, 0.4) is 0 Å². The number of ether oxygens (including phenoxy) is 1. The van der Waals surface area contributed by atoms with E-state index in [9.17, 15) is 9.90 Å². The molecule has 1 aromatic rings. The maximum atomic E-state index is 11.5. The molecule has 2 rings (SSSR count). The van der Waals surface area contributed by atoms with Crippen LogP contribution in [0.1, 0.15) is 25.0 Å². The normalized spacial score (nSPS) is 22.6. The highest BCUT2D eigenvalue weighted by Gasteiger charge is 2.35. The molecule has 4 nitrogen and oxygen atoms in total. The molecule has 0 radical (unpaired) electrons. The van der Waals surface area contributed by atoms with Gasteiger partial charge in [0.2, 0.25) is 0 Å². The number of aliphatic carboxylic acids is 1. The molecule has 1 aliphatic rings. The Hall–Kier alpha value is -1.39. The zero-order valence-corrected chi connectivity index (χ0v) is 11.7. The maximum absolute atomic E-state index is 11.5. The first kappa shape index (κ1) is 14.0. The summed E-state index contributed by atoms with van der Waals surface area (Å²) in [5.74, 6) is -0.760. The van der Waals surface area contributed by atoms with Gasteiger partial charge in [-0.2, -0.15) is 0 Å². The molecule has 0 amide bonds. The summed E-state index contributed by atoms with van der Waals surface area (Å²) in [6.07, 6.45) is 0.568. The van der Waals surface area contributed by atoms with Gasteiger partial charge in [0, 0.05) is 19.7 Å². The minimum absolute atomic E-state index is 0.00659. The summed E-state index contributed by atoms with van der Waals surface area (Å²) in [6, 6.07) is 7.66. The van der Waals surface area contributed by atoms with E-state index >= 15 is 0 Å². The largest absolute Gasteiger partial charge is 0.480 e. The van der Waals surface area contributed by atoms with E-state index in [0.717, 1.165) is 5.56 Å². The second-order valence-electron chi connectivity index (χ2n) is 5.18. The summed E-state index contributed by atoms with van der Waals surface area (Å²) in [6.45, 7) is 4.67. The number of hydrogen-bond acceptors (Lipinski definition) is 3. The van der Waals surface area contributed by atoms with E-state index in [1.807, 2.05) is 36.9 Å². The first-order valence-electron chi connectivity index (χ1n) is 6.62. The van der Waals surface area contributed by atoms with Gasteiger partial charge in [-0.05, 0) is 31.4 Å². The van der Waals surface area contributed by atoms with Gasteiger partial charge < -0.3 is 9.84 Å². The highest BCUT2D eigenvalue weighted by atomic mass is 16.5. The van der Waals surface area contributed by atoms with E-state index in [1.165, 1.54) is 5.56 Å². The lowest BCUT2D eigenvalue weighted by molar-refractivity contribution is -0.146. The fourth-order valence-corrected chi connectivity index (χ4v) is 2.67. The number of fused-ring (bicyclic) bond motifs is 1. The fourth-order valence-electron chi connectivity index (χ4n) is 2.67. The van der Waals surface area contributed by atoms with Crippen LogP contribution in [-0.2, 0) is 22.5 Å². The zero-order chi connectivity index (χ0) is 14.0. The molecule has 3 atom stereocenters. The minimum Gasteiger partial charge on any atom is -0.480 e. The predicted molar refractivity (Wildman–Crippen MR) is 73.0 cm³/mol. The summed E-state index contributed by atoms with van der Waals surface area (Å²) in [7, 11) is 1.66. The van der Waals surface area contributed by atoms with Gasteiger partial charge in [-0.15, -0.1) is 0 Å². The molecule has 0 aromatic heterocycles. The van der Waals surface area contributed by atoms with Crippen LogP contribution in [-0.4, -0.2) is 41.3 Å². The second-order valence-corrected chi connectivity index (χ2v) is 5.18. The molecule has 3 unspecified atom stereocenters. The minimum atomic E-state index is -0.760. The van der Waals surface area contributed by atoms with Crippen molar-refractivity contribution in [3.63, 3.8) is 0 Å². The Morgan fingerprint density at radius 3 is 2.58 bits per heavy atom. The van der Waals surface area contributed by atoms with Crippen molar-refractivity contribution in [2.45, 2.75) is 45.0 Å². The van der Waals surface area contributed by atoms with Gasteiger partial charge in [-0.3, -0.25) is 9.69 Å². The van der Waals surface area contributed by atoms with Crippen LogP contribution in [0.5, 0.6) is 0 Å². The Kier molecular flexibility index (Phi) is 4.22. The lowest BCUT2D eigenvalue weighted by Crippen LogP contribution is -2.53. The third-order valence-electron chi connectivity index (χ3n) is 4.14. The smallest absolute Gasteiger partial charge is 0.321 e. The van der Waals surface area contributed by atoms with Crippen LogP contribution in [0, 0.1) is 0 Å². The summed E-state index contributed by atoms with van der Waals surface area (Å²) < 4.78 is 5.35. The first-order chi connectivity index (χ1) is 9.04. The zero-order valence-electron chi connectivity index (χ0n) is 11.7. The molecule has 1 heterocycles. The Bertz CT molecular complexity index is 460. The molecule has 1 N–H and O–H groups in total. The van der Waals surface area contributed by atoms with E-state index in [2.05, 4.69) is 6.07 Å². The number of benzene rings is 1. The Labute approximate surface area is 114 Å². The van der Waals surface area contributed by atoms with Crippen LogP contribution < -0.4 is 0 Å². The van der Waals surface area contributed by atoms with Crippen LogP contribution in [0.4, 0.5) is 0 Å². The summed E-state index contributed by atoms with van der Waals surface area (Å²) in [5, 5.41) is 9.46. The van der Waals surface area contributed by atoms with Crippen molar-refractivity contribution < 1.29 is 14.6 Å². The fraction of sp³-hybridized carbons (Fsp3) is 0.533. The molecule has 19 heavy (non-hydrogen) atoms. The first-order valence-corrected chi connectivity index (χ1v) is 6.62. The summed E-state index contributed by atoms with van der Waals surface area (Å²) in [5.41, 5.74) is 2.36. The van der Waals surface area contributed by atoms with Crippen molar-refractivity contribution in [3.05, 3.63) is 35.4 Å². The highest BCUT2D eigenvalue weighted by molar-refractivity contribution is 5.74. The predicted octanol–water partition coefficient (Wildman–Crippen LogP) is 1.92. The third-order valence-corrected chi connectivity index (χ3v) is 4.14.